The van der Waals surface area contributed by atoms with Crippen molar-refractivity contribution >= 4 is 0 Å². The molecule has 0 radical (unpaired) electrons. The minimum Gasteiger partial charge on any atom is -0.247 e. The van der Waals surface area contributed by atoms with E-state index in [1.165, 1.54) is 24.8 Å². The molecule has 0 unspecified atom stereocenters. The fraction of sp³-hybridized carbons (Fsp3) is 0.600. The van der Waals surface area contributed by atoms with Crippen molar-refractivity contribution in [1.29, 1.82) is 0 Å². The minimum atomic E-state index is -0.509. The van der Waals surface area contributed by atoms with E-state index >= 15 is 0 Å². The Morgan fingerprint density at radius 3 is 2.38 bits per heavy atom. The van der Waals surface area contributed by atoms with Crippen molar-refractivity contribution in [1.82, 2.24) is 0 Å². The average Bonchev–Trinajstić information content (AvgIpc) is 2.33. The van der Waals surface area contributed by atoms with Crippen LogP contribution >= 0.6 is 0 Å². The zero-order valence-electron chi connectivity index (χ0n) is 9.87. The van der Waals surface area contributed by atoms with E-state index in [4.69, 9.17) is 0 Å². The average molecular weight is 220 g/mol. The molecule has 1 aliphatic carbocycles. The van der Waals surface area contributed by atoms with Crippen LogP contribution in [0.2, 0.25) is 0 Å². The number of benzene rings is 1. The Kier molecular flexibility index (Phi) is 4.38. The van der Waals surface area contributed by atoms with Crippen LogP contribution in [0.5, 0.6) is 0 Å². The summed E-state index contributed by atoms with van der Waals surface area (Å²) in [6.45, 7) is 0. The Balaban J connectivity index is 1.65. The lowest BCUT2D eigenvalue weighted by molar-refractivity contribution is 0.200. The molecule has 0 aromatic heterocycles. The summed E-state index contributed by atoms with van der Waals surface area (Å²) in [5, 5.41) is 0. The van der Waals surface area contributed by atoms with Gasteiger partial charge in [0.25, 0.3) is 0 Å². The molecule has 16 heavy (non-hydrogen) atoms. The molecule has 0 atom stereocenters. The van der Waals surface area contributed by atoms with Gasteiger partial charge in [0.1, 0.15) is 6.17 Å². The maximum absolute atomic E-state index is 12.9. The van der Waals surface area contributed by atoms with Crippen LogP contribution in [-0.4, -0.2) is 6.17 Å². The molecule has 2 rings (SSSR count). The van der Waals surface area contributed by atoms with Crippen molar-refractivity contribution in [2.45, 2.75) is 51.1 Å². The zero-order chi connectivity index (χ0) is 11.2. The fourth-order valence-corrected chi connectivity index (χ4v) is 2.65. The fourth-order valence-electron chi connectivity index (χ4n) is 2.65. The van der Waals surface area contributed by atoms with E-state index in [9.17, 15) is 4.39 Å². The number of rotatable bonds is 4. The molecule has 0 spiro atoms. The van der Waals surface area contributed by atoms with Crippen LogP contribution in [0.15, 0.2) is 30.3 Å². The van der Waals surface area contributed by atoms with Crippen LogP contribution in [0.4, 0.5) is 4.39 Å². The lowest BCUT2D eigenvalue weighted by Crippen LogP contribution is -2.15. The SMILES string of the molecule is FC1CCC(CCCc2ccccc2)CC1. The van der Waals surface area contributed by atoms with Gasteiger partial charge in [-0.3, -0.25) is 0 Å². The highest BCUT2D eigenvalue weighted by molar-refractivity contribution is 5.14. The second-order valence-electron chi connectivity index (χ2n) is 5.00. The summed E-state index contributed by atoms with van der Waals surface area (Å²) in [4.78, 5) is 0. The van der Waals surface area contributed by atoms with Crippen molar-refractivity contribution < 1.29 is 4.39 Å². The Morgan fingerprint density at radius 2 is 1.69 bits per heavy atom. The number of aryl methyl sites for hydroxylation is 1. The predicted octanol–water partition coefficient (Wildman–Crippen LogP) is 4.54. The standard InChI is InChI=1S/C15H21F/c16-15-11-9-14(10-12-15)8-4-7-13-5-2-1-3-6-13/h1-3,5-6,14-15H,4,7-12H2. The smallest absolute Gasteiger partial charge is 0.100 e. The molecule has 0 bridgehead atoms. The van der Waals surface area contributed by atoms with Gasteiger partial charge in [0, 0.05) is 0 Å². The second-order valence-corrected chi connectivity index (χ2v) is 5.00. The molecule has 88 valence electrons. The van der Waals surface area contributed by atoms with E-state index < -0.39 is 6.17 Å². The van der Waals surface area contributed by atoms with Gasteiger partial charge >= 0.3 is 0 Å². The van der Waals surface area contributed by atoms with Crippen LogP contribution in [0.1, 0.15) is 44.1 Å². The largest absolute Gasteiger partial charge is 0.247 e. The minimum absolute atomic E-state index is 0.509. The summed E-state index contributed by atoms with van der Waals surface area (Å²) in [5.41, 5.74) is 1.43. The molecule has 0 N–H and O–H groups in total. The van der Waals surface area contributed by atoms with E-state index in [1.807, 2.05) is 0 Å². The summed E-state index contributed by atoms with van der Waals surface area (Å²) in [6, 6.07) is 10.6. The quantitative estimate of drug-likeness (QED) is 0.699. The summed E-state index contributed by atoms with van der Waals surface area (Å²) in [6.07, 6.45) is 7.02. The van der Waals surface area contributed by atoms with Crippen molar-refractivity contribution in [3.63, 3.8) is 0 Å². The molecule has 0 heterocycles. The lowest BCUT2D eigenvalue weighted by atomic mass is 9.84. The molecule has 1 heteroatoms. The first-order chi connectivity index (χ1) is 7.84. The van der Waals surface area contributed by atoms with Crippen molar-refractivity contribution in [3.8, 4) is 0 Å². The van der Waals surface area contributed by atoms with E-state index in [0.29, 0.717) is 0 Å². The Hall–Kier alpha value is -0.850. The second kappa shape index (κ2) is 6.03. The van der Waals surface area contributed by atoms with E-state index in [2.05, 4.69) is 30.3 Å². The lowest BCUT2D eigenvalue weighted by Gasteiger charge is -2.23. The third-order valence-corrected chi connectivity index (χ3v) is 3.70. The molecule has 0 amide bonds. The highest BCUT2D eigenvalue weighted by Crippen LogP contribution is 2.29. The van der Waals surface area contributed by atoms with Gasteiger partial charge in [0.05, 0.1) is 0 Å². The van der Waals surface area contributed by atoms with Gasteiger partial charge in [-0.15, -0.1) is 0 Å². The Labute approximate surface area is 97.9 Å². The van der Waals surface area contributed by atoms with Gasteiger partial charge in [-0.2, -0.15) is 0 Å². The van der Waals surface area contributed by atoms with E-state index in [1.54, 1.807) is 0 Å². The first-order valence-electron chi connectivity index (χ1n) is 6.52. The van der Waals surface area contributed by atoms with Crippen LogP contribution in [0.3, 0.4) is 0 Å². The Bertz CT molecular complexity index is 286. The van der Waals surface area contributed by atoms with Crippen molar-refractivity contribution in [3.05, 3.63) is 35.9 Å². The first-order valence-corrected chi connectivity index (χ1v) is 6.52. The third-order valence-electron chi connectivity index (χ3n) is 3.70. The number of alkyl halides is 1. The summed E-state index contributed by atoms with van der Waals surface area (Å²) < 4.78 is 12.9. The van der Waals surface area contributed by atoms with Crippen molar-refractivity contribution in [2.24, 2.45) is 5.92 Å². The summed E-state index contributed by atoms with van der Waals surface area (Å²) in [5.74, 6) is 0.788. The van der Waals surface area contributed by atoms with E-state index in [-0.39, 0.29) is 0 Å². The summed E-state index contributed by atoms with van der Waals surface area (Å²) in [7, 11) is 0. The molecule has 1 fully saturated rings. The van der Waals surface area contributed by atoms with Gasteiger partial charge < -0.3 is 0 Å². The normalized spacial score (nSPS) is 25.6. The van der Waals surface area contributed by atoms with Crippen LogP contribution in [0, 0.1) is 5.92 Å². The van der Waals surface area contributed by atoms with Gasteiger partial charge in [0.2, 0.25) is 0 Å². The number of hydrogen-bond acceptors (Lipinski definition) is 0. The molecule has 1 aliphatic rings. The molecule has 1 saturated carbocycles. The van der Waals surface area contributed by atoms with E-state index in [0.717, 1.165) is 31.6 Å². The molecular weight excluding hydrogens is 199 g/mol. The predicted molar refractivity (Wildman–Crippen MR) is 66.2 cm³/mol. The number of halogens is 1. The van der Waals surface area contributed by atoms with Gasteiger partial charge in [-0.25, -0.2) is 4.39 Å². The maximum Gasteiger partial charge on any atom is 0.100 e. The molecule has 0 saturated heterocycles. The topological polar surface area (TPSA) is 0 Å². The molecular formula is C15H21F. The van der Waals surface area contributed by atoms with Gasteiger partial charge in [0.15, 0.2) is 0 Å². The molecule has 0 aliphatic heterocycles. The zero-order valence-corrected chi connectivity index (χ0v) is 9.87. The third kappa shape index (κ3) is 3.62. The highest BCUT2D eigenvalue weighted by Gasteiger charge is 2.19. The summed E-state index contributed by atoms with van der Waals surface area (Å²) >= 11 is 0. The van der Waals surface area contributed by atoms with Crippen LogP contribution in [-0.2, 0) is 6.42 Å². The van der Waals surface area contributed by atoms with Crippen molar-refractivity contribution in [2.75, 3.05) is 0 Å². The monoisotopic (exact) mass is 220 g/mol. The number of hydrogen-bond donors (Lipinski definition) is 0. The molecule has 0 nitrogen and oxygen atoms in total. The van der Waals surface area contributed by atoms with Crippen LogP contribution < -0.4 is 0 Å². The van der Waals surface area contributed by atoms with Crippen LogP contribution in [0.25, 0.3) is 0 Å². The van der Waals surface area contributed by atoms with Gasteiger partial charge in [-0.1, -0.05) is 36.8 Å². The maximum atomic E-state index is 12.9. The van der Waals surface area contributed by atoms with Gasteiger partial charge in [-0.05, 0) is 50.0 Å². The Morgan fingerprint density at radius 1 is 1.00 bits per heavy atom. The highest BCUT2D eigenvalue weighted by atomic mass is 19.1. The first kappa shape index (κ1) is 11.6. The molecule has 1 aromatic rings. The molecule has 1 aromatic carbocycles.